The van der Waals surface area contributed by atoms with Gasteiger partial charge in [0.05, 0.1) is 10.6 Å². The number of aliphatic hydroxyl groups is 1. The number of nitrogens with zero attached hydrogens (tertiary/aromatic N) is 2. The van der Waals surface area contributed by atoms with Gasteiger partial charge in [0, 0.05) is 13.1 Å². The molecule has 1 unspecified atom stereocenters. The van der Waals surface area contributed by atoms with E-state index in [9.17, 15) is 9.90 Å². The number of halogens is 2. The van der Waals surface area contributed by atoms with Crippen LogP contribution in [0.25, 0.3) is 0 Å². The van der Waals surface area contributed by atoms with Crippen LogP contribution in [0.2, 0.25) is 10.2 Å². The van der Waals surface area contributed by atoms with Gasteiger partial charge < -0.3 is 10.0 Å². The average molecular weight is 289 g/mol. The molecule has 1 N–H and O–H groups in total. The van der Waals surface area contributed by atoms with Gasteiger partial charge in [-0.3, -0.25) is 4.79 Å². The molecule has 4 nitrogen and oxygen atoms in total. The first-order chi connectivity index (χ1) is 8.39. The molecule has 2 rings (SSSR count). The molecule has 1 aliphatic rings. The van der Waals surface area contributed by atoms with Crippen molar-refractivity contribution in [1.82, 2.24) is 9.88 Å². The van der Waals surface area contributed by atoms with E-state index >= 15 is 0 Å². The van der Waals surface area contributed by atoms with E-state index in [0.29, 0.717) is 13.0 Å². The highest BCUT2D eigenvalue weighted by Gasteiger charge is 2.32. The van der Waals surface area contributed by atoms with Crippen LogP contribution in [0.3, 0.4) is 0 Å². The van der Waals surface area contributed by atoms with E-state index in [1.165, 1.54) is 6.07 Å². The van der Waals surface area contributed by atoms with Gasteiger partial charge in [0.2, 0.25) is 0 Å². The Hall–Kier alpha value is -0.840. The largest absolute Gasteiger partial charge is 0.388 e. The highest BCUT2D eigenvalue weighted by Crippen LogP contribution is 2.24. The summed E-state index contributed by atoms with van der Waals surface area (Å²) in [5.41, 5.74) is -0.708. The maximum Gasteiger partial charge on any atom is 0.274 e. The Morgan fingerprint density at radius 2 is 2.22 bits per heavy atom. The van der Waals surface area contributed by atoms with Crippen LogP contribution in [-0.2, 0) is 0 Å². The fraction of sp³-hybridized carbons (Fsp3) is 0.500. The number of aromatic nitrogens is 1. The molecule has 0 spiro atoms. The van der Waals surface area contributed by atoms with E-state index in [2.05, 4.69) is 4.98 Å². The predicted octanol–water partition coefficient (Wildman–Crippen LogP) is 2.38. The molecule has 98 valence electrons. The highest BCUT2D eigenvalue weighted by molar-refractivity contribution is 6.34. The summed E-state index contributed by atoms with van der Waals surface area (Å²) < 4.78 is 0. The minimum atomic E-state index is -0.848. The Bertz CT molecular complexity index is 477. The van der Waals surface area contributed by atoms with Crippen molar-refractivity contribution < 1.29 is 9.90 Å². The first-order valence-electron chi connectivity index (χ1n) is 5.73. The molecule has 0 bridgehead atoms. The van der Waals surface area contributed by atoms with Crippen molar-refractivity contribution in [2.45, 2.75) is 25.4 Å². The summed E-state index contributed by atoms with van der Waals surface area (Å²) in [4.78, 5) is 17.8. The standard InChI is InChI=1S/C12H14Cl2N2O2/c1-12(18)5-2-6-16(7-12)11(17)10-8(13)3-4-9(14)15-10/h3-4,18H,2,5-7H2,1H3. The number of carbonyl (C=O) groups excluding carboxylic acids is 1. The van der Waals surface area contributed by atoms with Crippen LogP contribution in [0.1, 0.15) is 30.3 Å². The highest BCUT2D eigenvalue weighted by atomic mass is 35.5. The van der Waals surface area contributed by atoms with Crippen molar-refractivity contribution in [3.8, 4) is 0 Å². The number of amides is 1. The summed E-state index contributed by atoms with van der Waals surface area (Å²) >= 11 is 11.7. The first kappa shape index (κ1) is 13.6. The quantitative estimate of drug-likeness (QED) is 0.808. The summed E-state index contributed by atoms with van der Waals surface area (Å²) in [6.07, 6.45) is 1.45. The van der Waals surface area contributed by atoms with Crippen molar-refractivity contribution in [2.24, 2.45) is 0 Å². The van der Waals surface area contributed by atoms with Crippen LogP contribution in [0, 0.1) is 0 Å². The summed E-state index contributed by atoms with van der Waals surface area (Å²) in [6, 6.07) is 3.08. The number of carbonyl (C=O) groups is 1. The van der Waals surface area contributed by atoms with E-state index in [0.717, 1.165) is 6.42 Å². The molecule has 0 aromatic carbocycles. The molecule has 0 saturated carbocycles. The van der Waals surface area contributed by atoms with Gasteiger partial charge in [-0.05, 0) is 31.9 Å². The summed E-state index contributed by atoms with van der Waals surface area (Å²) in [5.74, 6) is -0.289. The van der Waals surface area contributed by atoms with E-state index < -0.39 is 5.60 Å². The SMILES string of the molecule is CC1(O)CCCN(C(=O)c2nc(Cl)ccc2Cl)C1. The van der Waals surface area contributed by atoms with Crippen LogP contribution in [0.15, 0.2) is 12.1 Å². The Labute approximate surface area is 116 Å². The first-order valence-corrected chi connectivity index (χ1v) is 6.48. The van der Waals surface area contributed by atoms with Crippen LogP contribution in [0.5, 0.6) is 0 Å². The van der Waals surface area contributed by atoms with Crippen molar-refractivity contribution in [2.75, 3.05) is 13.1 Å². The molecule has 1 fully saturated rings. The van der Waals surface area contributed by atoms with Gasteiger partial charge in [0.15, 0.2) is 0 Å². The number of piperidine rings is 1. The lowest BCUT2D eigenvalue weighted by Gasteiger charge is -2.36. The topological polar surface area (TPSA) is 53.4 Å². The third-order valence-corrected chi connectivity index (χ3v) is 3.49. The summed E-state index contributed by atoms with van der Waals surface area (Å²) in [7, 11) is 0. The Kier molecular flexibility index (Phi) is 3.80. The van der Waals surface area contributed by atoms with Crippen LogP contribution < -0.4 is 0 Å². The van der Waals surface area contributed by atoms with Crippen molar-refractivity contribution >= 4 is 29.1 Å². The minimum absolute atomic E-state index is 0.141. The van der Waals surface area contributed by atoms with E-state index in [1.54, 1.807) is 17.9 Å². The lowest BCUT2D eigenvalue weighted by molar-refractivity contribution is -0.0109. The third-order valence-electron chi connectivity index (χ3n) is 2.98. The smallest absolute Gasteiger partial charge is 0.274 e. The van der Waals surface area contributed by atoms with Gasteiger partial charge in [-0.2, -0.15) is 0 Å². The van der Waals surface area contributed by atoms with Gasteiger partial charge >= 0.3 is 0 Å². The molecule has 0 radical (unpaired) electrons. The van der Waals surface area contributed by atoms with Gasteiger partial charge in [-0.1, -0.05) is 23.2 Å². The molecule has 6 heteroatoms. The predicted molar refractivity (Wildman–Crippen MR) is 70.0 cm³/mol. The van der Waals surface area contributed by atoms with Crippen molar-refractivity contribution in [1.29, 1.82) is 0 Å². The molecule has 1 aromatic rings. The van der Waals surface area contributed by atoms with E-state index in [1.807, 2.05) is 0 Å². The molecule has 1 saturated heterocycles. The van der Waals surface area contributed by atoms with Crippen LogP contribution in [0.4, 0.5) is 0 Å². The number of hydrogen-bond donors (Lipinski definition) is 1. The maximum atomic E-state index is 12.3. The van der Waals surface area contributed by atoms with Gasteiger partial charge in [0.1, 0.15) is 10.8 Å². The fourth-order valence-electron chi connectivity index (χ4n) is 2.11. The fourth-order valence-corrected chi connectivity index (χ4v) is 2.45. The molecule has 1 aromatic heterocycles. The zero-order valence-electron chi connectivity index (χ0n) is 9.99. The van der Waals surface area contributed by atoms with Gasteiger partial charge in [-0.15, -0.1) is 0 Å². The monoisotopic (exact) mass is 288 g/mol. The number of pyridine rings is 1. The Balaban J connectivity index is 2.23. The van der Waals surface area contributed by atoms with E-state index in [4.69, 9.17) is 23.2 Å². The Morgan fingerprint density at radius 3 is 2.89 bits per heavy atom. The molecular formula is C12H14Cl2N2O2. The average Bonchev–Trinajstić information content (AvgIpc) is 2.30. The molecule has 18 heavy (non-hydrogen) atoms. The zero-order chi connectivity index (χ0) is 13.3. The summed E-state index contributed by atoms with van der Waals surface area (Å²) in [5, 5.41) is 10.5. The normalized spacial score (nSPS) is 24.1. The maximum absolute atomic E-state index is 12.3. The van der Waals surface area contributed by atoms with Crippen molar-refractivity contribution in [3.63, 3.8) is 0 Å². The van der Waals surface area contributed by atoms with Crippen molar-refractivity contribution in [3.05, 3.63) is 28.0 Å². The number of likely N-dealkylation sites (tertiary alicyclic amines) is 1. The van der Waals surface area contributed by atoms with Gasteiger partial charge in [0.25, 0.3) is 5.91 Å². The molecule has 1 amide bonds. The third kappa shape index (κ3) is 2.94. The molecule has 2 heterocycles. The number of β-amino-alcohol motifs (C(OH)–C–C–N with tert-alkyl or cyclic N) is 1. The van der Waals surface area contributed by atoms with Gasteiger partial charge in [-0.25, -0.2) is 4.98 Å². The Morgan fingerprint density at radius 1 is 1.50 bits per heavy atom. The van der Waals surface area contributed by atoms with Crippen LogP contribution in [-0.4, -0.2) is 39.6 Å². The number of rotatable bonds is 1. The lowest BCUT2D eigenvalue weighted by atomic mass is 9.95. The lowest BCUT2D eigenvalue weighted by Crippen LogP contribution is -2.48. The second kappa shape index (κ2) is 5.03. The van der Waals surface area contributed by atoms with Crippen LogP contribution >= 0.6 is 23.2 Å². The number of hydrogen-bond acceptors (Lipinski definition) is 3. The minimum Gasteiger partial charge on any atom is -0.388 e. The molecular weight excluding hydrogens is 275 g/mol. The molecule has 0 aliphatic carbocycles. The van der Waals surface area contributed by atoms with E-state index in [-0.39, 0.29) is 28.3 Å². The summed E-state index contributed by atoms with van der Waals surface area (Å²) in [6.45, 7) is 2.61. The molecule has 1 atom stereocenters. The zero-order valence-corrected chi connectivity index (χ0v) is 11.5. The second-order valence-electron chi connectivity index (χ2n) is 4.79. The molecule has 1 aliphatic heterocycles. The second-order valence-corrected chi connectivity index (χ2v) is 5.59.